The van der Waals surface area contributed by atoms with Crippen LogP contribution >= 0.6 is 0 Å². The second-order valence-corrected chi connectivity index (χ2v) is 7.14. The van der Waals surface area contributed by atoms with E-state index in [1.165, 1.54) is 0 Å². The molecule has 2 heterocycles. The Morgan fingerprint density at radius 3 is 2.45 bits per heavy atom. The van der Waals surface area contributed by atoms with E-state index >= 15 is 0 Å². The Morgan fingerprint density at radius 2 is 1.81 bits per heavy atom. The fourth-order valence-electron chi connectivity index (χ4n) is 3.70. The predicted molar refractivity (Wildman–Crippen MR) is 113 cm³/mol. The van der Waals surface area contributed by atoms with Crippen molar-refractivity contribution in [2.75, 3.05) is 48.3 Å². The number of methoxy groups -OCH3 is 4. The van der Waals surface area contributed by atoms with Gasteiger partial charge < -0.3 is 28.4 Å². The molecule has 2 aliphatic heterocycles. The molecule has 0 N–H and O–H groups in total. The number of carbonyl (C=O) groups excluding carboxylic acids is 1. The molecule has 2 aromatic rings. The van der Waals surface area contributed by atoms with Crippen LogP contribution in [0.15, 0.2) is 30.0 Å². The fraction of sp³-hybridized carbons (Fsp3) is 0.348. The van der Waals surface area contributed by atoms with Crippen LogP contribution in [0, 0.1) is 0 Å². The van der Waals surface area contributed by atoms with Crippen LogP contribution in [-0.2, 0) is 11.3 Å². The Kier molecular flexibility index (Phi) is 6.01. The van der Waals surface area contributed by atoms with Crippen molar-refractivity contribution in [1.29, 1.82) is 0 Å². The van der Waals surface area contributed by atoms with Crippen LogP contribution in [0.3, 0.4) is 0 Å². The molecule has 2 aromatic carbocycles. The molecule has 0 saturated carbocycles. The van der Waals surface area contributed by atoms with E-state index in [1.807, 2.05) is 6.07 Å². The molecule has 0 fully saturated rings. The molecule has 8 nitrogen and oxygen atoms in total. The van der Waals surface area contributed by atoms with Crippen molar-refractivity contribution in [2.45, 2.75) is 6.54 Å². The molecule has 31 heavy (non-hydrogen) atoms. The van der Waals surface area contributed by atoms with Gasteiger partial charge in [0.2, 0.25) is 11.5 Å². The summed E-state index contributed by atoms with van der Waals surface area (Å²) in [5, 5.41) is 0. The van der Waals surface area contributed by atoms with E-state index in [0.29, 0.717) is 54.0 Å². The van der Waals surface area contributed by atoms with Gasteiger partial charge in [0.05, 0.1) is 39.1 Å². The maximum absolute atomic E-state index is 13.0. The zero-order valence-corrected chi connectivity index (χ0v) is 18.0. The number of hydrogen-bond acceptors (Lipinski definition) is 8. The van der Waals surface area contributed by atoms with Crippen LogP contribution in [0.5, 0.6) is 28.7 Å². The maximum Gasteiger partial charge on any atom is 0.231 e. The van der Waals surface area contributed by atoms with Gasteiger partial charge >= 0.3 is 0 Å². The molecule has 4 rings (SSSR count). The summed E-state index contributed by atoms with van der Waals surface area (Å²) >= 11 is 0. The number of fused-ring (bicyclic) bond motifs is 3. The van der Waals surface area contributed by atoms with Gasteiger partial charge in [-0.25, -0.2) is 0 Å². The second-order valence-electron chi connectivity index (χ2n) is 7.14. The Labute approximate surface area is 180 Å². The maximum atomic E-state index is 13.0. The van der Waals surface area contributed by atoms with Crippen LogP contribution in [0.25, 0.3) is 6.08 Å². The van der Waals surface area contributed by atoms with Gasteiger partial charge in [0, 0.05) is 20.2 Å². The van der Waals surface area contributed by atoms with Crippen molar-refractivity contribution in [2.24, 2.45) is 0 Å². The number of carbonyl (C=O) groups is 1. The number of rotatable bonds is 7. The van der Waals surface area contributed by atoms with Gasteiger partial charge in [-0.3, -0.25) is 9.69 Å². The van der Waals surface area contributed by atoms with Crippen molar-refractivity contribution in [3.05, 3.63) is 46.7 Å². The third kappa shape index (κ3) is 3.92. The molecule has 0 atom stereocenters. The minimum absolute atomic E-state index is 0.180. The van der Waals surface area contributed by atoms with E-state index in [1.54, 1.807) is 52.7 Å². The second kappa shape index (κ2) is 8.87. The molecule has 0 amide bonds. The minimum atomic E-state index is -0.180. The molecule has 0 radical (unpaired) electrons. The zero-order valence-electron chi connectivity index (χ0n) is 18.0. The lowest BCUT2D eigenvalue weighted by atomic mass is 10.0. The number of hydrogen-bond donors (Lipinski definition) is 0. The average molecular weight is 427 g/mol. The molecule has 2 aliphatic rings. The lowest BCUT2D eigenvalue weighted by Crippen LogP contribution is -2.34. The fourth-order valence-corrected chi connectivity index (χ4v) is 3.70. The quantitative estimate of drug-likeness (QED) is 0.624. The van der Waals surface area contributed by atoms with Crippen molar-refractivity contribution >= 4 is 11.9 Å². The molecule has 0 unspecified atom stereocenters. The molecular formula is C23H25NO7. The number of benzene rings is 2. The highest BCUT2D eigenvalue weighted by atomic mass is 16.5. The lowest BCUT2D eigenvalue weighted by molar-refractivity contribution is 0.0646. The smallest absolute Gasteiger partial charge is 0.231 e. The first-order valence-corrected chi connectivity index (χ1v) is 9.83. The van der Waals surface area contributed by atoms with Crippen molar-refractivity contribution < 1.29 is 33.2 Å². The summed E-state index contributed by atoms with van der Waals surface area (Å²) < 4.78 is 33.2. The lowest BCUT2D eigenvalue weighted by Gasteiger charge is -2.29. The van der Waals surface area contributed by atoms with Gasteiger partial charge in [-0.1, -0.05) is 0 Å². The van der Waals surface area contributed by atoms with E-state index in [0.717, 1.165) is 17.9 Å². The van der Waals surface area contributed by atoms with Crippen LogP contribution in [0.4, 0.5) is 0 Å². The Morgan fingerprint density at radius 1 is 1.06 bits per heavy atom. The first-order valence-electron chi connectivity index (χ1n) is 9.83. The standard InChI is InChI=1S/C23H25NO7/c1-26-8-7-24-12-16-17(30-13-24)6-5-15-21(25)18(31-22(15)16)9-14-10-19(27-2)23(29-4)20(11-14)28-3/h5-6,9-11H,7-8,12-13H2,1-4H3/b18-9-. The Hall–Kier alpha value is -3.23. The van der Waals surface area contributed by atoms with Gasteiger partial charge in [0.1, 0.15) is 18.2 Å². The highest BCUT2D eigenvalue weighted by molar-refractivity contribution is 6.15. The Bertz CT molecular complexity index is 1010. The Balaban J connectivity index is 1.67. The summed E-state index contributed by atoms with van der Waals surface area (Å²) in [7, 11) is 6.30. The third-order valence-electron chi connectivity index (χ3n) is 5.28. The molecule has 0 aliphatic carbocycles. The highest BCUT2D eigenvalue weighted by Gasteiger charge is 2.33. The monoisotopic (exact) mass is 427 g/mol. The largest absolute Gasteiger partial charge is 0.493 e. The first-order chi connectivity index (χ1) is 15.1. The SMILES string of the molecule is COCCN1COc2ccc3c(c2C1)O/C(=C\c1cc(OC)c(OC)c(OC)c1)C3=O. The van der Waals surface area contributed by atoms with E-state index < -0.39 is 0 Å². The minimum Gasteiger partial charge on any atom is -0.493 e. The molecule has 8 heteroatoms. The van der Waals surface area contributed by atoms with E-state index in [-0.39, 0.29) is 11.5 Å². The summed E-state index contributed by atoms with van der Waals surface area (Å²) in [6, 6.07) is 7.10. The highest BCUT2D eigenvalue weighted by Crippen LogP contribution is 2.43. The van der Waals surface area contributed by atoms with Crippen LogP contribution < -0.4 is 23.7 Å². The van der Waals surface area contributed by atoms with Crippen LogP contribution in [0.1, 0.15) is 21.5 Å². The first kappa shape index (κ1) is 21.0. The summed E-state index contributed by atoms with van der Waals surface area (Å²) in [6.07, 6.45) is 1.67. The number of nitrogens with zero attached hydrogens (tertiary/aromatic N) is 1. The average Bonchev–Trinajstić information content (AvgIpc) is 3.12. The van der Waals surface area contributed by atoms with E-state index in [2.05, 4.69) is 4.90 Å². The normalized spacial score (nSPS) is 16.4. The number of allylic oxidation sites excluding steroid dienone is 1. The summed E-state index contributed by atoms with van der Waals surface area (Å²) in [5.74, 6) is 2.80. The number of Topliss-reactive ketones (excluding diaryl/α,β-unsaturated/α-hetero) is 1. The molecular weight excluding hydrogens is 402 g/mol. The number of ketones is 1. The van der Waals surface area contributed by atoms with Crippen molar-refractivity contribution in [3.63, 3.8) is 0 Å². The summed E-state index contributed by atoms with van der Waals surface area (Å²) in [4.78, 5) is 15.1. The van der Waals surface area contributed by atoms with E-state index in [4.69, 9.17) is 28.4 Å². The topological polar surface area (TPSA) is 75.7 Å². The van der Waals surface area contributed by atoms with E-state index in [9.17, 15) is 4.79 Å². The summed E-state index contributed by atoms with van der Waals surface area (Å²) in [6.45, 7) is 2.41. The third-order valence-corrected chi connectivity index (χ3v) is 5.28. The van der Waals surface area contributed by atoms with Gasteiger partial charge in [-0.05, 0) is 35.9 Å². The molecule has 0 saturated heterocycles. The number of ether oxygens (including phenoxy) is 6. The van der Waals surface area contributed by atoms with Crippen molar-refractivity contribution in [1.82, 2.24) is 4.90 Å². The van der Waals surface area contributed by atoms with Crippen LogP contribution in [0.2, 0.25) is 0 Å². The molecule has 0 aromatic heterocycles. The van der Waals surface area contributed by atoms with Gasteiger partial charge in [-0.2, -0.15) is 0 Å². The molecule has 0 spiro atoms. The predicted octanol–water partition coefficient (Wildman–Crippen LogP) is 3.13. The molecule has 164 valence electrons. The zero-order chi connectivity index (χ0) is 22.0. The van der Waals surface area contributed by atoms with Gasteiger partial charge in [-0.15, -0.1) is 0 Å². The van der Waals surface area contributed by atoms with Crippen LogP contribution in [-0.4, -0.2) is 59.0 Å². The van der Waals surface area contributed by atoms with Gasteiger partial charge in [0.15, 0.2) is 17.3 Å². The summed E-state index contributed by atoms with van der Waals surface area (Å²) in [5.41, 5.74) is 2.08. The van der Waals surface area contributed by atoms with Gasteiger partial charge in [0.25, 0.3) is 0 Å². The molecule has 0 bridgehead atoms. The van der Waals surface area contributed by atoms with Crippen molar-refractivity contribution in [3.8, 4) is 28.7 Å².